The van der Waals surface area contributed by atoms with Crippen LogP contribution >= 0.6 is 11.3 Å². The predicted octanol–water partition coefficient (Wildman–Crippen LogP) is 3.37. The molecule has 2 aromatic rings. The summed E-state index contributed by atoms with van der Waals surface area (Å²) in [4.78, 5) is 52.6. The van der Waals surface area contributed by atoms with E-state index in [1.807, 2.05) is 26.8 Å². The van der Waals surface area contributed by atoms with E-state index in [2.05, 4.69) is 15.5 Å². The van der Waals surface area contributed by atoms with Gasteiger partial charge in [0, 0.05) is 16.8 Å². The van der Waals surface area contributed by atoms with Crippen molar-refractivity contribution in [2.75, 3.05) is 23.4 Å². The highest BCUT2D eigenvalue weighted by molar-refractivity contribution is 7.14. The average molecular weight is 470 g/mol. The summed E-state index contributed by atoms with van der Waals surface area (Å²) >= 11 is 1.26. The fourth-order valence-corrected chi connectivity index (χ4v) is 4.77. The molecular weight excluding hydrogens is 442 g/mol. The number of nitrogens with one attached hydrogen (secondary N) is 2. The van der Waals surface area contributed by atoms with Crippen LogP contribution < -0.4 is 15.5 Å². The first-order valence-corrected chi connectivity index (χ1v) is 11.7. The van der Waals surface area contributed by atoms with Gasteiger partial charge in [-0.2, -0.15) is 0 Å². The Morgan fingerprint density at radius 2 is 2.00 bits per heavy atom. The van der Waals surface area contributed by atoms with Crippen molar-refractivity contribution >= 4 is 46.3 Å². The second kappa shape index (κ2) is 8.97. The van der Waals surface area contributed by atoms with Crippen LogP contribution in [0.15, 0.2) is 30.3 Å². The van der Waals surface area contributed by atoms with Gasteiger partial charge in [0.2, 0.25) is 17.6 Å². The maximum atomic E-state index is 12.5. The number of rotatable bonds is 6. The number of carbonyl (C=O) groups excluding carboxylic acids is 4. The molecule has 2 N–H and O–H groups in total. The number of anilines is 2. The number of esters is 1. The van der Waals surface area contributed by atoms with Gasteiger partial charge in [0.05, 0.1) is 28.4 Å². The number of ether oxygens (including phenoxy) is 1. The molecule has 2 aliphatic heterocycles. The van der Waals surface area contributed by atoms with Crippen LogP contribution in [0, 0.1) is 5.41 Å². The first kappa shape index (κ1) is 23.0. The number of hydrogen-bond acceptors (Lipinski definition) is 7. The monoisotopic (exact) mass is 469 g/mol. The molecule has 33 heavy (non-hydrogen) atoms. The molecule has 1 fully saturated rings. The topological polar surface area (TPSA) is 105 Å². The molecule has 1 atom stereocenters. The molecule has 8 nitrogen and oxygen atoms in total. The van der Waals surface area contributed by atoms with Gasteiger partial charge in [0.25, 0.3) is 0 Å². The zero-order chi connectivity index (χ0) is 23.8. The van der Waals surface area contributed by atoms with E-state index in [4.69, 9.17) is 4.74 Å². The first-order valence-electron chi connectivity index (χ1n) is 10.9. The van der Waals surface area contributed by atoms with Gasteiger partial charge < -0.3 is 20.3 Å². The van der Waals surface area contributed by atoms with Crippen LogP contribution in [0.1, 0.15) is 58.5 Å². The predicted molar refractivity (Wildman–Crippen MR) is 126 cm³/mol. The third-order valence-electron chi connectivity index (χ3n) is 5.73. The van der Waals surface area contributed by atoms with Gasteiger partial charge in [-0.15, -0.1) is 11.3 Å². The van der Waals surface area contributed by atoms with E-state index in [1.54, 1.807) is 24.3 Å². The minimum atomic E-state index is -0.627. The molecular formula is C24H27N3O5S. The van der Waals surface area contributed by atoms with Gasteiger partial charge in [-0.3, -0.25) is 14.4 Å². The molecule has 0 bridgehead atoms. The third kappa shape index (κ3) is 4.93. The van der Waals surface area contributed by atoms with Gasteiger partial charge in [0.15, 0.2) is 6.61 Å². The number of amides is 2. The van der Waals surface area contributed by atoms with Crippen LogP contribution in [0.2, 0.25) is 0 Å². The van der Waals surface area contributed by atoms with E-state index < -0.39 is 11.4 Å². The quantitative estimate of drug-likeness (QED) is 0.497. The SMILES string of the molecule is CC(C)(C)C(=O)NCc1ccc(C(=O)COC(=O)c2ccc3c(c2)NC(=O)[C@@H]2CCCN32)s1. The molecule has 2 amide bonds. The van der Waals surface area contributed by atoms with Gasteiger partial charge in [0.1, 0.15) is 6.04 Å². The number of ketones is 1. The molecule has 174 valence electrons. The molecule has 0 unspecified atom stereocenters. The Morgan fingerprint density at radius 1 is 1.21 bits per heavy atom. The fraction of sp³-hybridized carbons (Fsp3) is 0.417. The maximum Gasteiger partial charge on any atom is 0.338 e. The highest BCUT2D eigenvalue weighted by Crippen LogP contribution is 2.37. The van der Waals surface area contributed by atoms with Crippen LogP contribution in [-0.2, 0) is 20.9 Å². The number of Topliss-reactive ketones (excluding diaryl/α,β-unsaturated/α-hetero) is 1. The molecule has 2 aliphatic rings. The molecule has 0 saturated carbocycles. The van der Waals surface area contributed by atoms with Crippen molar-refractivity contribution in [3.8, 4) is 0 Å². The zero-order valence-corrected chi connectivity index (χ0v) is 19.7. The Kier molecular flexibility index (Phi) is 6.25. The average Bonchev–Trinajstić information content (AvgIpc) is 3.45. The van der Waals surface area contributed by atoms with Crippen LogP contribution in [0.5, 0.6) is 0 Å². The second-order valence-corrected chi connectivity index (χ2v) is 10.4. The molecule has 4 rings (SSSR count). The van der Waals surface area contributed by atoms with Crippen LogP contribution in [0.3, 0.4) is 0 Å². The summed E-state index contributed by atoms with van der Waals surface area (Å²) in [6.07, 6.45) is 1.78. The number of carbonyl (C=O) groups is 4. The first-order chi connectivity index (χ1) is 15.6. The van der Waals surface area contributed by atoms with E-state index in [9.17, 15) is 19.2 Å². The highest BCUT2D eigenvalue weighted by atomic mass is 32.1. The molecule has 0 radical (unpaired) electrons. The van der Waals surface area contributed by atoms with Crippen molar-refractivity contribution in [3.05, 3.63) is 45.6 Å². The Hall–Kier alpha value is -3.20. The number of benzene rings is 1. The van der Waals surface area contributed by atoms with Crippen molar-refractivity contribution in [1.29, 1.82) is 0 Å². The van der Waals surface area contributed by atoms with Crippen LogP contribution in [-0.4, -0.2) is 42.8 Å². The highest BCUT2D eigenvalue weighted by Gasteiger charge is 2.36. The summed E-state index contributed by atoms with van der Waals surface area (Å²) in [5, 5.41) is 5.71. The lowest BCUT2D eigenvalue weighted by atomic mass is 9.96. The van der Waals surface area contributed by atoms with Crippen LogP contribution in [0.4, 0.5) is 11.4 Å². The summed E-state index contributed by atoms with van der Waals surface area (Å²) in [6.45, 7) is 6.27. The largest absolute Gasteiger partial charge is 0.454 e. The summed E-state index contributed by atoms with van der Waals surface area (Å²) in [5.74, 6) is -1.07. The maximum absolute atomic E-state index is 12.5. The van der Waals surface area contributed by atoms with Gasteiger partial charge in [-0.05, 0) is 43.2 Å². The molecule has 1 aromatic heterocycles. The van der Waals surface area contributed by atoms with Gasteiger partial charge in [-0.25, -0.2) is 4.79 Å². The minimum Gasteiger partial charge on any atom is -0.454 e. The normalized spacial score (nSPS) is 17.1. The lowest BCUT2D eigenvalue weighted by Crippen LogP contribution is -2.43. The van der Waals surface area contributed by atoms with Gasteiger partial charge >= 0.3 is 5.97 Å². The second-order valence-electron chi connectivity index (χ2n) is 9.27. The van der Waals surface area contributed by atoms with Crippen molar-refractivity contribution in [3.63, 3.8) is 0 Å². The summed E-state index contributed by atoms with van der Waals surface area (Å²) in [5.41, 5.74) is 1.27. The number of thiophene rings is 1. The minimum absolute atomic E-state index is 0.0621. The number of fused-ring (bicyclic) bond motifs is 3. The Morgan fingerprint density at radius 3 is 2.76 bits per heavy atom. The molecule has 0 spiro atoms. The van der Waals surface area contributed by atoms with Gasteiger partial charge in [-0.1, -0.05) is 20.8 Å². The third-order valence-corrected chi connectivity index (χ3v) is 6.86. The Labute approximate surface area is 196 Å². The molecule has 9 heteroatoms. The van der Waals surface area contributed by atoms with E-state index in [-0.39, 0.29) is 35.8 Å². The van der Waals surface area contributed by atoms with E-state index in [0.29, 0.717) is 17.1 Å². The van der Waals surface area contributed by atoms with Crippen molar-refractivity contribution in [2.24, 2.45) is 5.41 Å². The zero-order valence-electron chi connectivity index (χ0n) is 18.9. The van der Waals surface area contributed by atoms with Crippen molar-refractivity contribution in [2.45, 2.75) is 46.2 Å². The lowest BCUT2D eigenvalue weighted by Gasteiger charge is -2.33. The van der Waals surface area contributed by atoms with E-state index >= 15 is 0 Å². The van der Waals surface area contributed by atoms with E-state index in [0.717, 1.165) is 30.0 Å². The fourth-order valence-electron chi connectivity index (χ4n) is 3.90. The number of hydrogen-bond donors (Lipinski definition) is 2. The van der Waals surface area contributed by atoms with Crippen molar-refractivity contribution < 1.29 is 23.9 Å². The molecule has 1 aromatic carbocycles. The Balaban J connectivity index is 1.33. The molecule has 1 saturated heterocycles. The summed E-state index contributed by atoms with van der Waals surface area (Å²) < 4.78 is 5.22. The smallest absolute Gasteiger partial charge is 0.338 e. The van der Waals surface area contributed by atoms with Crippen molar-refractivity contribution in [1.82, 2.24) is 5.32 Å². The molecule has 3 heterocycles. The number of nitrogens with zero attached hydrogens (tertiary/aromatic N) is 1. The van der Waals surface area contributed by atoms with E-state index in [1.165, 1.54) is 11.3 Å². The standard InChI is InChI=1S/C24H27N3O5S/c1-24(2,3)23(31)25-12-15-7-9-20(33-15)19(28)13-32-22(30)14-6-8-17-16(11-14)26-21(29)18-5-4-10-27(17)18/h6-9,11,18H,4-5,10,12-13H2,1-3H3,(H,25,31)(H,26,29)/t18-/m0/s1. The molecule has 0 aliphatic carbocycles. The summed E-state index contributed by atoms with van der Waals surface area (Å²) in [6, 6.07) is 8.35. The summed E-state index contributed by atoms with van der Waals surface area (Å²) in [7, 11) is 0. The lowest BCUT2D eigenvalue weighted by molar-refractivity contribution is -0.128. The van der Waals surface area contributed by atoms with Crippen LogP contribution in [0.25, 0.3) is 0 Å². The Bertz CT molecular complexity index is 1120.